The summed E-state index contributed by atoms with van der Waals surface area (Å²) in [4.78, 5) is 4.15. The van der Waals surface area contributed by atoms with E-state index < -0.39 is 0 Å². The van der Waals surface area contributed by atoms with Gasteiger partial charge in [-0.25, -0.2) is 0 Å². The zero-order chi connectivity index (χ0) is 8.93. The third-order valence-corrected chi connectivity index (χ3v) is 1.99. The molecule has 2 rings (SSSR count). The van der Waals surface area contributed by atoms with Crippen molar-refractivity contribution < 1.29 is 0 Å². The number of rotatable bonds is 1. The Morgan fingerprint density at radius 1 is 1.08 bits per heavy atom. The summed E-state index contributed by atoms with van der Waals surface area (Å²) in [6.07, 6.45) is 8.93. The number of allylic oxidation sites excluding steroid dienone is 3. The van der Waals surface area contributed by atoms with Crippen molar-refractivity contribution in [2.75, 3.05) is 0 Å². The van der Waals surface area contributed by atoms with E-state index in [9.17, 15) is 0 Å². The van der Waals surface area contributed by atoms with E-state index in [1.165, 1.54) is 11.1 Å². The number of hydrogen-bond donors (Lipinski definition) is 0. The molecule has 1 aromatic rings. The predicted octanol–water partition coefficient (Wildman–Crippen LogP) is 3.06. The molecular weight excluding hydrogens is 158 g/mol. The fourth-order valence-electron chi connectivity index (χ4n) is 1.32. The zero-order valence-corrected chi connectivity index (χ0v) is 7.35. The summed E-state index contributed by atoms with van der Waals surface area (Å²) in [5.74, 6) is 0. The lowest BCUT2D eigenvalue weighted by Gasteiger charge is -1.99. The molecular formula is C12H11N. The predicted molar refractivity (Wildman–Crippen MR) is 56.7 cm³/mol. The second-order valence-electron chi connectivity index (χ2n) is 2.92. The maximum Gasteiger partial charge on any atom is 0.0343 e. The van der Waals surface area contributed by atoms with Gasteiger partial charge in [0.05, 0.1) is 0 Å². The van der Waals surface area contributed by atoms with E-state index in [-0.39, 0.29) is 0 Å². The van der Waals surface area contributed by atoms with Crippen LogP contribution >= 0.6 is 0 Å². The lowest BCUT2D eigenvalue weighted by Crippen LogP contribution is -1.83. The van der Waals surface area contributed by atoms with Crippen molar-refractivity contribution in [3.8, 4) is 0 Å². The van der Waals surface area contributed by atoms with Gasteiger partial charge < -0.3 is 0 Å². The van der Waals surface area contributed by atoms with Gasteiger partial charge in [0.1, 0.15) is 0 Å². The summed E-state index contributed by atoms with van der Waals surface area (Å²) in [5, 5.41) is 0. The number of nitrogens with zero attached hydrogens (tertiary/aromatic N) is 1. The zero-order valence-electron chi connectivity index (χ0n) is 7.35. The SMILES string of the molecule is C1=CN=CC(c2ccccc2)=CC1. The molecule has 0 saturated heterocycles. The molecule has 0 saturated carbocycles. The molecule has 0 radical (unpaired) electrons. The summed E-state index contributed by atoms with van der Waals surface area (Å²) >= 11 is 0. The van der Waals surface area contributed by atoms with Crippen LogP contribution in [0.3, 0.4) is 0 Å². The van der Waals surface area contributed by atoms with E-state index in [2.05, 4.69) is 23.2 Å². The first-order chi connectivity index (χ1) is 6.47. The molecule has 0 aliphatic carbocycles. The first-order valence-electron chi connectivity index (χ1n) is 4.40. The smallest absolute Gasteiger partial charge is 0.0343 e. The maximum absolute atomic E-state index is 4.15. The maximum atomic E-state index is 4.15. The Balaban J connectivity index is 2.32. The van der Waals surface area contributed by atoms with Crippen molar-refractivity contribution in [1.82, 2.24) is 0 Å². The van der Waals surface area contributed by atoms with E-state index in [0.29, 0.717) is 0 Å². The normalized spacial score (nSPS) is 15.2. The van der Waals surface area contributed by atoms with Crippen LogP contribution in [0.15, 0.2) is 53.7 Å². The highest BCUT2D eigenvalue weighted by Gasteiger charge is 1.96. The molecule has 1 aliphatic heterocycles. The standard InChI is InChI=1S/C12H11N/c1-2-6-11(7-3-1)12-8-4-5-9-13-10-12/h1-3,5-10H,4H2. The van der Waals surface area contributed by atoms with Gasteiger partial charge in [-0.05, 0) is 17.6 Å². The van der Waals surface area contributed by atoms with Crippen molar-refractivity contribution in [2.45, 2.75) is 6.42 Å². The van der Waals surface area contributed by atoms with E-state index in [0.717, 1.165) is 6.42 Å². The van der Waals surface area contributed by atoms with E-state index in [1.807, 2.05) is 36.7 Å². The molecule has 1 nitrogen and oxygen atoms in total. The molecule has 0 amide bonds. The summed E-state index contributed by atoms with van der Waals surface area (Å²) in [5.41, 5.74) is 2.43. The summed E-state index contributed by atoms with van der Waals surface area (Å²) in [7, 11) is 0. The van der Waals surface area contributed by atoms with Crippen molar-refractivity contribution >= 4 is 11.8 Å². The minimum atomic E-state index is 0.963. The fraction of sp³-hybridized carbons (Fsp3) is 0.0833. The van der Waals surface area contributed by atoms with Crippen LogP contribution in [-0.2, 0) is 0 Å². The first-order valence-corrected chi connectivity index (χ1v) is 4.40. The summed E-state index contributed by atoms with van der Waals surface area (Å²) in [6, 6.07) is 10.3. The van der Waals surface area contributed by atoms with Crippen LogP contribution in [0.5, 0.6) is 0 Å². The van der Waals surface area contributed by atoms with Crippen LogP contribution in [0.4, 0.5) is 0 Å². The van der Waals surface area contributed by atoms with Gasteiger partial charge >= 0.3 is 0 Å². The van der Waals surface area contributed by atoms with Crippen molar-refractivity contribution in [3.05, 3.63) is 54.2 Å². The number of hydrogen-bond acceptors (Lipinski definition) is 1. The Morgan fingerprint density at radius 2 is 1.92 bits per heavy atom. The Labute approximate surface area is 78.1 Å². The van der Waals surface area contributed by atoms with Gasteiger partial charge in [-0.2, -0.15) is 0 Å². The quantitative estimate of drug-likeness (QED) is 0.612. The van der Waals surface area contributed by atoms with Gasteiger partial charge in [-0.3, -0.25) is 4.99 Å². The minimum absolute atomic E-state index is 0.963. The molecule has 1 aromatic carbocycles. The monoisotopic (exact) mass is 169 g/mol. The summed E-state index contributed by atoms with van der Waals surface area (Å²) < 4.78 is 0. The van der Waals surface area contributed by atoms with Crippen LogP contribution in [-0.4, -0.2) is 6.21 Å². The first kappa shape index (κ1) is 7.99. The van der Waals surface area contributed by atoms with E-state index in [1.54, 1.807) is 0 Å². The lowest BCUT2D eigenvalue weighted by molar-refractivity contribution is 1.38. The second-order valence-corrected chi connectivity index (χ2v) is 2.92. The van der Waals surface area contributed by atoms with Crippen molar-refractivity contribution in [1.29, 1.82) is 0 Å². The van der Waals surface area contributed by atoms with Crippen LogP contribution < -0.4 is 0 Å². The molecule has 0 atom stereocenters. The average Bonchev–Trinajstić information content (AvgIpc) is 2.47. The highest BCUT2D eigenvalue weighted by Crippen LogP contribution is 2.14. The number of aliphatic imine (C=N–C) groups is 1. The third-order valence-electron chi connectivity index (χ3n) is 1.99. The van der Waals surface area contributed by atoms with E-state index >= 15 is 0 Å². The Kier molecular flexibility index (Phi) is 2.37. The lowest BCUT2D eigenvalue weighted by atomic mass is 10.1. The second kappa shape index (κ2) is 3.85. The topological polar surface area (TPSA) is 12.4 Å². The molecule has 0 spiro atoms. The Hall–Kier alpha value is -1.63. The molecule has 1 heteroatoms. The highest BCUT2D eigenvalue weighted by atomic mass is 14.7. The third kappa shape index (κ3) is 1.94. The van der Waals surface area contributed by atoms with Gasteiger partial charge in [0, 0.05) is 12.4 Å². The van der Waals surface area contributed by atoms with E-state index in [4.69, 9.17) is 0 Å². The van der Waals surface area contributed by atoms with Crippen LogP contribution in [0.25, 0.3) is 5.57 Å². The molecule has 13 heavy (non-hydrogen) atoms. The average molecular weight is 169 g/mol. The molecule has 0 N–H and O–H groups in total. The highest BCUT2D eigenvalue weighted by molar-refractivity contribution is 6.10. The number of benzene rings is 1. The molecule has 1 heterocycles. The van der Waals surface area contributed by atoms with Gasteiger partial charge in [0.2, 0.25) is 0 Å². The van der Waals surface area contributed by atoms with Gasteiger partial charge in [0.25, 0.3) is 0 Å². The molecule has 1 aliphatic rings. The minimum Gasteiger partial charge on any atom is -0.264 e. The van der Waals surface area contributed by atoms with Crippen molar-refractivity contribution in [3.63, 3.8) is 0 Å². The van der Waals surface area contributed by atoms with Crippen molar-refractivity contribution in [2.24, 2.45) is 4.99 Å². The molecule has 0 unspecified atom stereocenters. The molecule has 0 aromatic heterocycles. The van der Waals surface area contributed by atoms with Crippen LogP contribution in [0.1, 0.15) is 12.0 Å². The van der Waals surface area contributed by atoms with Gasteiger partial charge in [0.15, 0.2) is 0 Å². The van der Waals surface area contributed by atoms with Gasteiger partial charge in [-0.15, -0.1) is 0 Å². The largest absolute Gasteiger partial charge is 0.264 e. The van der Waals surface area contributed by atoms with Crippen LogP contribution in [0, 0.1) is 0 Å². The Morgan fingerprint density at radius 3 is 2.77 bits per heavy atom. The van der Waals surface area contributed by atoms with Crippen LogP contribution in [0.2, 0.25) is 0 Å². The Bertz CT molecular complexity index is 358. The summed E-state index contributed by atoms with van der Waals surface area (Å²) in [6.45, 7) is 0. The molecule has 0 bridgehead atoms. The molecule has 0 fully saturated rings. The molecule has 64 valence electrons. The van der Waals surface area contributed by atoms with Gasteiger partial charge in [-0.1, -0.05) is 42.5 Å². The fourth-order valence-corrected chi connectivity index (χ4v) is 1.32.